The fourth-order valence-corrected chi connectivity index (χ4v) is 6.41. The number of hydrogen-bond acceptors (Lipinski definition) is 4. The molecule has 0 radical (unpaired) electrons. The van der Waals surface area contributed by atoms with E-state index >= 15 is 0 Å². The van der Waals surface area contributed by atoms with E-state index in [1.807, 2.05) is 43.3 Å². The highest BCUT2D eigenvalue weighted by atomic mass is 32.2. The lowest BCUT2D eigenvalue weighted by atomic mass is 10.0. The van der Waals surface area contributed by atoms with Gasteiger partial charge in [-0.15, -0.1) is 0 Å². The summed E-state index contributed by atoms with van der Waals surface area (Å²) in [6, 6.07) is 14.7. The minimum absolute atomic E-state index is 0.154. The number of sulfone groups is 1. The van der Waals surface area contributed by atoms with Crippen molar-refractivity contribution in [3.63, 3.8) is 0 Å². The lowest BCUT2D eigenvalue weighted by Crippen LogP contribution is -2.20. The predicted molar refractivity (Wildman–Crippen MR) is 175 cm³/mol. The van der Waals surface area contributed by atoms with E-state index in [1.165, 1.54) is 96.3 Å². The minimum Gasteiger partial charge on any atom is -0.494 e. The molecule has 0 aliphatic carbocycles. The van der Waals surface area contributed by atoms with Gasteiger partial charge in [-0.3, -0.25) is 0 Å². The molecule has 2 aromatic rings. The molecule has 0 amide bonds. The van der Waals surface area contributed by atoms with E-state index in [1.54, 1.807) is 24.3 Å². The van der Waals surface area contributed by atoms with Crippen LogP contribution in [0.4, 0.5) is 0 Å². The van der Waals surface area contributed by atoms with Gasteiger partial charge in [-0.1, -0.05) is 153 Å². The lowest BCUT2D eigenvalue weighted by Gasteiger charge is -2.11. The molecule has 1 N–H and O–H groups in total. The van der Waals surface area contributed by atoms with Crippen LogP contribution in [0.2, 0.25) is 0 Å². The molecule has 4 nitrogen and oxygen atoms in total. The molecule has 0 fully saturated rings. The SMILES string of the molecule is CCCCCCCCCCCCCCCCCCOc1ccc(C=Cc2ccc(S(=O)(=O)C(O)CCC)cc2)cc1. The summed E-state index contributed by atoms with van der Waals surface area (Å²) in [5.41, 5.74) is 0.603. The van der Waals surface area contributed by atoms with Crippen LogP contribution in [0.1, 0.15) is 141 Å². The summed E-state index contributed by atoms with van der Waals surface area (Å²) in [6.45, 7) is 4.90. The van der Waals surface area contributed by atoms with Crippen LogP contribution in [0.25, 0.3) is 12.2 Å². The predicted octanol–water partition coefficient (Wildman–Crippen LogP) is 10.4. The Labute approximate surface area is 251 Å². The largest absolute Gasteiger partial charge is 0.494 e. The summed E-state index contributed by atoms with van der Waals surface area (Å²) >= 11 is 0. The van der Waals surface area contributed by atoms with Gasteiger partial charge in [0.15, 0.2) is 5.44 Å². The van der Waals surface area contributed by atoms with Crippen LogP contribution in [-0.4, -0.2) is 25.6 Å². The zero-order valence-corrected chi connectivity index (χ0v) is 26.7. The molecule has 0 saturated carbocycles. The van der Waals surface area contributed by atoms with Crippen molar-refractivity contribution in [3.05, 3.63) is 59.7 Å². The summed E-state index contributed by atoms with van der Waals surface area (Å²) in [6.07, 6.45) is 26.7. The van der Waals surface area contributed by atoms with Gasteiger partial charge in [-0.2, -0.15) is 0 Å². The molecule has 0 heterocycles. The smallest absolute Gasteiger partial charge is 0.204 e. The Morgan fingerprint density at radius 3 is 1.46 bits per heavy atom. The van der Waals surface area contributed by atoms with Gasteiger partial charge >= 0.3 is 0 Å². The molecule has 0 aliphatic heterocycles. The Balaban J connectivity index is 1.52. The third-order valence-electron chi connectivity index (χ3n) is 7.72. The second kappa shape index (κ2) is 21.6. The molecule has 2 rings (SSSR count). The average Bonchev–Trinajstić information content (AvgIpc) is 2.98. The van der Waals surface area contributed by atoms with E-state index in [0.29, 0.717) is 6.42 Å². The third-order valence-corrected chi connectivity index (χ3v) is 9.60. The summed E-state index contributed by atoms with van der Waals surface area (Å²) < 4.78 is 30.7. The van der Waals surface area contributed by atoms with Crippen molar-refractivity contribution in [3.8, 4) is 5.75 Å². The monoisotopic (exact) mass is 584 g/mol. The van der Waals surface area contributed by atoms with Crippen LogP contribution in [-0.2, 0) is 9.84 Å². The van der Waals surface area contributed by atoms with Crippen LogP contribution < -0.4 is 4.74 Å². The van der Waals surface area contributed by atoms with Crippen LogP contribution in [0.5, 0.6) is 5.75 Å². The van der Waals surface area contributed by atoms with Crippen LogP contribution in [0, 0.1) is 0 Å². The first kappa shape index (κ1) is 35.1. The second-order valence-electron chi connectivity index (χ2n) is 11.4. The number of aliphatic hydroxyl groups is 1. The van der Waals surface area contributed by atoms with Crippen molar-refractivity contribution < 1.29 is 18.3 Å². The molecule has 1 unspecified atom stereocenters. The molecule has 230 valence electrons. The number of hydrogen-bond donors (Lipinski definition) is 1. The molecule has 0 aromatic heterocycles. The van der Waals surface area contributed by atoms with Crippen LogP contribution >= 0.6 is 0 Å². The Morgan fingerprint density at radius 1 is 0.610 bits per heavy atom. The maximum Gasteiger partial charge on any atom is 0.204 e. The normalized spacial score (nSPS) is 12.7. The van der Waals surface area contributed by atoms with Crippen molar-refractivity contribution >= 4 is 22.0 Å². The number of aliphatic hydroxyl groups excluding tert-OH is 1. The molecule has 0 bridgehead atoms. The van der Waals surface area contributed by atoms with E-state index in [0.717, 1.165) is 29.9 Å². The Kier molecular flexibility index (Phi) is 18.5. The van der Waals surface area contributed by atoms with Gasteiger partial charge in [-0.05, 0) is 48.2 Å². The average molecular weight is 585 g/mol. The summed E-state index contributed by atoms with van der Waals surface area (Å²) in [5.74, 6) is 0.892. The molecule has 2 aromatic carbocycles. The van der Waals surface area contributed by atoms with Crippen molar-refractivity contribution in [1.29, 1.82) is 0 Å². The van der Waals surface area contributed by atoms with E-state index in [4.69, 9.17) is 4.74 Å². The Bertz CT molecular complexity index is 1040. The standard InChI is InChI=1S/C36H56O4S/c1-3-5-6-7-8-9-10-11-12-13-14-15-16-17-18-19-31-40-34-27-23-32(24-28-34)21-22-33-25-29-35(30-26-33)41(38,39)36(37)20-4-2/h21-30,36-37H,3-20,31H2,1-2H3. The van der Waals surface area contributed by atoms with Crippen molar-refractivity contribution in [1.82, 2.24) is 0 Å². The fourth-order valence-electron chi connectivity index (χ4n) is 5.04. The van der Waals surface area contributed by atoms with E-state index in [2.05, 4.69) is 6.92 Å². The maximum absolute atomic E-state index is 12.4. The molecule has 5 heteroatoms. The molecular weight excluding hydrogens is 528 g/mol. The van der Waals surface area contributed by atoms with E-state index < -0.39 is 15.3 Å². The first-order chi connectivity index (χ1) is 20.0. The summed E-state index contributed by atoms with van der Waals surface area (Å²) in [5, 5.41) is 9.94. The van der Waals surface area contributed by atoms with E-state index in [9.17, 15) is 13.5 Å². The topological polar surface area (TPSA) is 63.6 Å². The van der Waals surface area contributed by atoms with Gasteiger partial charge in [0.2, 0.25) is 9.84 Å². The highest BCUT2D eigenvalue weighted by Crippen LogP contribution is 2.20. The fraction of sp³-hybridized carbons (Fsp3) is 0.611. The Morgan fingerprint density at radius 2 is 1.02 bits per heavy atom. The molecule has 41 heavy (non-hydrogen) atoms. The molecule has 0 saturated heterocycles. The number of unbranched alkanes of at least 4 members (excludes halogenated alkanes) is 15. The van der Waals surface area contributed by atoms with Crippen molar-refractivity contribution in [2.24, 2.45) is 0 Å². The van der Waals surface area contributed by atoms with E-state index in [-0.39, 0.29) is 11.3 Å². The molecular formula is C36H56O4S. The Hall–Kier alpha value is -2.11. The highest BCUT2D eigenvalue weighted by Gasteiger charge is 2.23. The molecule has 0 spiro atoms. The zero-order chi connectivity index (χ0) is 29.6. The highest BCUT2D eigenvalue weighted by molar-refractivity contribution is 7.91. The maximum atomic E-state index is 12.4. The zero-order valence-electron chi connectivity index (χ0n) is 25.9. The van der Waals surface area contributed by atoms with Crippen molar-refractivity contribution in [2.75, 3.05) is 6.61 Å². The first-order valence-electron chi connectivity index (χ1n) is 16.4. The number of ether oxygens (including phenoxy) is 1. The summed E-state index contributed by atoms with van der Waals surface area (Å²) in [7, 11) is -3.70. The lowest BCUT2D eigenvalue weighted by molar-refractivity contribution is 0.237. The van der Waals surface area contributed by atoms with Gasteiger partial charge in [0.25, 0.3) is 0 Å². The van der Waals surface area contributed by atoms with Gasteiger partial charge in [0.05, 0.1) is 11.5 Å². The number of benzene rings is 2. The molecule has 1 atom stereocenters. The van der Waals surface area contributed by atoms with Gasteiger partial charge < -0.3 is 9.84 Å². The third kappa shape index (κ3) is 15.1. The quantitative estimate of drug-likeness (QED) is 0.0984. The van der Waals surface area contributed by atoms with Crippen molar-refractivity contribution in [2.45, 2.75) is 140 Å². The minimum atomic E-state index is -3.70. The first-order valence-corrected chi connectivity index (χ1v) is 17.9. The van der Waals surface area contributed by atoms with Crippen LogP contribution in [0.15, 0.2) is 53.4 Å². The molecule has 0 aliphatic rings. The number of rotatable bonds is 24. The van der Waals surface area contributed by atoms with Gasteiger partial charge in [-0.25, -0.2) is 8.42 Å². The summed E-state index contributed by atoms with van der Waals surface area (Å²) in [4.78, 5) is 0.154. The second-order valence-corrected chi connectivity index (χ2v) is 13.5. The van der Waals surface area contributed by atoms with Crippen LogP contribution in [0.3, 0.4) is 0 Å². The van der Waals surface area contributed by atoms with Gasteiger partial charge in [0.1, 0.15) is 5.75 Å². The van der Waals surface area contributed by atoms with Gasteiger partial charge in [0, 0.05) is 0 Å².